The third-order valence-electron chi connectivity index (χ3n) is 3.94. The molecule has 110 valence electrons. The van der Waals surface area contributed by atoms with Gasteiger partial charge in [0.15, 0.2) is 0 Å². The molecule has 2 N–H and O–H groups in total. The number of hydrogen-bond acceptors (Lipinski definition) is 3. The fourth-order valence-electron chi connectivity index (χ4n) is 2.69. The second-order valence-electron chi connectivity index (χ2n) is 5.37. The minimum Gasteiger partial charge on any atom is -0.497 e. The summed E-state index contributed by atoms with van der Waals surface area (Å²) in [5.74, 6) is 0.935. The fourth-order valence-corrected chi connectivity index (χ4v) is 2.69. The van der Waals surface area contributed by atoms with Crippen LogP contribution in [0.4, 0.5) is 0 Å². The van der Waals surface area contributed by atoms with Crippen LogP contribution in [0.3, 0.4) is 0 Å². The summed E-state index contributed by atoms with van der Waals surface area (Å²) in [6.45, 7) is 2.18. The Bertz CT molecular complexity index is 425. The van der Waals surface area contributed by atoms with E-state index in [-0.39, 0.29) is 11.8 Å². The maximum atomic E-state index is 12.5. The number of methoxy groups -OCH3 is 1. The van der Waals surface area contributed by atoms with Gasteiger partial charge in [0, 0.05) is 19.6 Å². The van der Waals surface area contributed by atoms with Crippen molar-refractivity contribution in [2.45, 2.75) is 25.7 Å². The Balaban J connectivity index is 1.97. The van der Waals surface area contributed by atoms with Gasteiger partial charge in [0.25, 0.3) is 0 Å². The third-order valence-corrected chi connectivity index (χ3v) is 3.94. The molecule has 2 rings (SSSR count). The Hall–Kier alpha value is -1.55. The fraction of sp³-hybridized carbons (Fsp3) is 0.562. The Kier molecular flexibility index (Phi) is 5.41. The topological polar surface area (TPSA) is 55.6 Å². The van der Waals surface area contributed by atoms with Gasteiger partial charge in [-0.25, -0.2) is 0 Å². The zero-order chi connectivity index (χ0) is 14.4. The highest BCUT2D eigenvalue weighted by Gasteiger charge is 2.24. The highest BCUT2D eigenvalue weighted by Crippen LogP contribution is 2.18. The molecular weight excluding hydrogens is 252 g/mol. The van der Waals surface area contributed by atoms with Crippen molar-refractivity contribution in [2.75, 3.05) is 26.7 Å². The molecule has 1 aliphatic rings. The van der Waals surface area contributed by atoms with Gasteiger partial charge in [-0.15, -0.1) is 0 Å². The van der Waals surface area contributed by atoms with Crippen molar-refractivity contribution in [1.29, 1.82) is 0 Å². The van der Waals surface area contributed by atoms with E-state index in [1.54, 1.807) is 7.11 Å². The lowest BCUT2D eigenvalue weighted by atomic mass is 9.97. The number of benzene rings is 1. The smallest absolute Gasteiger partial charge is 0.227 e. The van der Waals surface area contributed by atoms with Crippen molar-refractivity contribution in [3.63, 3.8) is 0 Å². The molecule has 0 spiro atoms. The first-order valence-corrected chi connectivity index (χ1v) is 7.36. The van der Waals surface area contributed by atoms with Crippen LogP contribution in [-0.2, 0) is 11.2 Å². The van der Waals surface area contributed by atoms with E-state index in [2.05, 4.69) is 0 Å². The number of carbonyl (C=O) groups is 1. The molecule has 1 atom stereocenters. The van der Waals surface area contributed by atoms with Crippen LogP contribution in [0.2, 0.25) is 0 Å². The van der Waals surface area contributed by atoms with Crippen LogP contribution in [0.15, 0.2) is 24.3 Å². The molecule has 4 nitrogen and oxygen atoms in total. The molecule has 0 aliphatic carbocycles. The average molecular weight is 276 g/mol. The normalized spacial score (nSPS) is 16.8. The second-order valence-corrected chi connectivity index (χ2v) is 5.37. The zero-order valence-electron chi connectivity index (χ0n) is 12.2. The Morgan fingerprint density at radius 3 is 2.45 bits per heavy atom. The lowest BCUT2D eigenvalue weighted by Gasteiger charge is -2.30. The molecule has 0 aromatic heterocycles. The number of piperidine rings is 1. The van der Waals surface area contributed by atoms with E-state index in [1.807, 2.05) is 29.2 Å². The maximum absolute atomic E-state index is 12.5. The van der Waals surface area contributed by atoms with Crippen molar-refractivity contribution in [2.24, 2.45) is 11.7 Å². The van der Waals surface area contributed by atoms with Crippen molar-refractivity contribution < 1.29 is 9.53 Å². The summed E-state index contributed by atoms with van der Waals surface area (Å²) in [7, 11) is 1.65. The third kappa shape index (κ3) is 3.73. The van der Waals surface area contributed by atoms with Gasteiger partial charge in [-0.05, 0) is 43.4 Å². The summed E-state index contributed by atoms with van der Waals surface area (Å²) in [5, 5.41) is 0. The predicted octanol–water partition coefficient (Wildman–Crippen LogP) is 1.83. The summed E-state index contributed by atoms with van der Waals surface area (Å²) < 4.78 is 5.14. The Morgan fingerprint density at radius 2 is 1.90 bits per heavy atom. The van der Waals surface area contributed by atoms with E-state index in [9.17, 15) is 4.79 Å². The summed E-state index contributed by atoms with van der Waals surface area (Å²) in [6.07, 6.45) is 4.17. The number of rotatable bonds is 5. The van der Waals surface area contributed by atoms with Gasteiger partial charge in [0.05, 0.1) is 13.0 Å². The number of carbonyl (C=O) groups excluding carboxylic acids is 1. The number of hydrogen-bond donors (Lipinski definition) is 1. The van der Waals surface area contributed by atoms with Gasteiger partial charge in [0.1, 0.15) is 5.75 Å². The highest BCUT2D eigenvalue weighted by atomic mass is 16.5. The minimum atomic E-state index is -0.110. The number of amides is 1. The highest BCUT2D eigenvalue weighted by molar-refractivity contribution is 5.79. The molecule has 1 fully saturated rings. The predicted molar refractivity (Wildman–Crippen MR) is 79.7 cm³/mol. The first-order chi connectivity index (χ1) is 9.74. The molecule has 1 unspecified atom stereocenters. The number of ether oxygens (including phenoxy) is 1. The lowest BCUT2D eigenvalue weighted by molar-refractivity contribution is -0.136. The first kappa shape index (κ1) is 14.9. The summed E-state index contributed by atoms with van der Waals surface area (Å²) in [6, 6.07) is 7.86. The van der Waals surface area contributed by atoms with E-state index >= 15 is 0 Å². The van der Waals surface area contributed by atoms with Crippen LogP contribution < -0.4 is 10.5 Å². The van der Waals surface area contributed by atoms with Crippen LogP contribution in [0, 0.1) is 5.92 Å². The van der Waals surface area contributed by atoms with E-state index in [0.717, 1.165) is 37.2 Å². The number of nitrogens with two attached hydrogens (primary N) is 1. The maximum Gasteiger partial charge on any atom is 0.227 e. The molecule has 4 heteroatoms. The molecule has 1 aliphatic heterocycles. The SMILES string of the molecule is COc1ccc(CC(CN)C(=O)N2CCCCC2)cc1. The van der Waals surface area contributed by atoms with Gasteiger partial charge < -0.3 is 15.4 Å². The van der Waals surface area contributed by atoms with E-state index in [4.69, 9.17) is 10.5 Å². The van der Waals surface area contributed by atoms with Gasteiger partial charge in [-0.2, -0.15) is 0 Å². The minimum absolute atomic E-state index is 0.110. The number of likely N-dealkylation sites (tertiary alicyclic amines) is 1. The van der Waals surface area contributed by atoms with Crippen molar-refractivity contribution in [3.8, 4) is 5.75 Å². The zero-order valence-corrected chi connectivity index (χ0v) is 12.2. The molecule has 0 bridgehead atoms. The van der Waals surface area contributed by atoms with Crippen LogP contribution in [-0.4, -0.2) is 37.6 Å². The largest absolute Gasteiger partial charge is 0.497 e. The molecule has 0 radical (unpaired) electrons. The summed E-state index contributed by atoms with van der Waals surface area (Å²) >= 11 is 0. The molecule has 1 aromatic rings. The standard InChI is InChI=1S/C16H24N2O2/c1-20-15-7-5-13(6-8-15)11-14(12-17)16(19)18-9-3-2-4-10-18/h5-8,14H,2-4,9-12,17H2,1H3. The van der Waals surface area contributed by atoms with Crippen LogP contribution in [0.25, 0.3) is 0 Å². The lowest BCUT2D eigenvalue weighted by Crippen LogP contribution is -2.42. The van der Waals surface area contributed by atoms with Crippen molar-refractivity contribution in [3.05, 3.63) is 29.8 Å². The van der Waals surface area contributed by atoms with Gasteiger partial charge >= 0.3 is 0 Å². The van der Waals surface area contributed by atoms with Crippen molar-refractivity contribution >= 4 is 5.91 Å². The van der Waals surface area contributed by atoms with Gasteiger partial charge in [0.2, 0.25) is 5.91 Å². The summed E-state index contributed by atoms with van der Waals surface area (Å²) in [5.41, 5.74) is 6.94. The number of nitrogens with zero attached hydrogens (tertiary/aromatic N) is 1. The Labute approximate surface area is 120 Å². The summed E-state index contributed by atoms with van der Waals surface area (Å²) in [4.78, 5) is 14.5. The van der Waals surface area contributed by atoms with E-state index < -0.39 is 0 Å². The quantitative estimate of drug-likeness (QED) is 0.892. The first-order valence-electron chi connectivity index (χ1n) is 7.36. The molecule has 1 aromatic carbocycles. The van der Waals surface area contributed by atoms with Crippen LogP contribution in [0.5, 0.6) is 5.75 Å². The molecule has 0 saturated carbocycles. The monoisotopic (exact) mass is 276 g/mol. The van der Waals surface area contributed by atoms with Gasteiger partial charge in [-0.1, -0.05) is 12.1 Å². The van der Waals surface area contributed by atoms with Crippen LogP contribution in [0.1, 0.15) is 24.8 Å². The Morgan fingerprint density at radius 1 is 1.25 bits per heavy atom. The molecular formula is C16H24N2O2. The van der Waals surface area contributed by atoms with E-state index in [1.165, 1.54) is 6.42 Å². The second kappa shape index (κ2) is 7.29. The van der Waals surface area contributed by atoms with Crippen LogP contribution >= 0.6 is 0 Å². The van der Waals surface area contributed by atoms with Crippen molar-refractivity contribution in [1.82, 2.24) is 4.90 Å². The van der Waals surface area contributed by atoms with Gasteiger partial charge in [-0.3, -0.25) is 4.79 Å². The molecule has 1 heterocycles. The average Bonchev–Trinajstić information content (AvgIpc) is 2.53. The molecule has 1 amide bonds. The molecule has 20 heavy (non-hydrogen) atoms. The molecule has 1 saturated heterocycles. The van der Waals surface area contributed by atoms with E-state index in [0.29, 0.717) is 13.0 Å².